The molecule has 0 amide bonds. The van der Waals surface area contributed by atoms with Gasteiger partial charge in [-0.15, -0.1) is 0 Å². The van der Waals surface area contributed by atoms with Crippen molar-refractivity contribution in [2.75, 3.05) is 6.54 Å². The molecule has 3 rings (SSSR count). The van der Waals surface area contributed by atoms with Crippen LogP contribution in [0.15, 0.2) is 40.6 Å². The van der Waals surface area contributed by atoms with Crippen LogP contribution in [0, 0.1) is 5.41 Å². The van der Waals surface area contributed by atoms with Crippen molar-refractivity contribution in [3.63, 3.8) is 0 Å². The first kappa shape index (κ1) is 15.2. The molecule has 22 heavy (non-hydrogen) atoms. The van der Waals surface area contributed by atoms with E-state index in [0.717, 1.165) is 5.56 Å². The van der Waals surface area contributed by atoms with Crippen LogP contribution in [-0.4, -0.2) is 30.4 Å². The average Bonchev–Trinajstić information content (AvgIpc) is 2.90. The van der Waals surface area contributed by atoms with Crippen LogP contribution in [0.5, 0.6) is 0 Å². The number of cyclic esters (lactones) is 1. The van der Waals surface area contributed by atoms with Crippen molar-refractivity contribution >= 4 is 5.97 Å². The normalized spacial score (nSPS) is 34.9. The number of carbonyl (C=O) groups excluding carboxylic acids is 1. The quantitative estimate of drug-likeness (QED) is 0.748. The Morgan fingerprint density at radius 3 is 2.50 bits per heavy atom. The lowest BCUT2D eigenvalue weighted by Crippen LogP contribution is -2.60. The van der Waals surface area contributed by atoms with E-state index in [9.17, 15) is 4.79 Å². The maximum absolute atomic E-state index is 12.8. The Bertz CT molecular complexity index is 594. The van der Waals surface area contributed by atoms with Crippen molar-refractivity contribution < 1.29 is 14.3 Å². The molecule has 0 aromatic heterocycles. The Kier molecular flexibility index (Phi) is 3.56. The average molecular weight is 302 g/mol. The minimum atomic E-state index is -1.07. The van der Waals surface area contributed by atoms with Crippen LogP contribution in [0.25, 0.3) is 0 Å². The highest BCUT2D eigenvalue weighted by atomic mass is 16.7. The molecule has 0 N–H and O–H groups in total. The predicted octanol–water partition coefficient (Wildman–Crippen LogP) is 3.31. The fourth-order valence-corrected chi connectivity index (χ4v) is 3.10. The van der Waals surface area contributed by atoms with Gasteiger partial charge in [-0.05, 0) is 12.5 Å². The fraction of sp³-hybridized carbons (Fsp3) is 0.588. The zero-order valence-electron chi connectivity index (χ0n) is 13.4. The number of esters is 1. The summed E-state index contributed by atoms with van der Waals surface area (Å²) >= 11 is 0. The van der Waals surface area contributed by atoms with Crippen LogP contribution in [0.4, 0.5) is 0 Å². The lowest BCUT2D eigenvalue weighted by Gasteiger charge is -2.44. The van der Waals surface area contributed by atoms with Gasteiger partial charge in [-0.25, -0.2) is 4.79 Å². The molecular formula is C17H22N2O3. The molecular weight excluding hydrogens is 280 g/mol. The molecule has 1 saturated heterocycles. The highest BCUT2D eigenvalue weighted by Gasteiger charge is 2.60. The van der Waals surface area contributed by atoms with Crippen LogP contribution in [0.2, 0.25) is 0 Å². The monoisotopic (exact) mass is 302 g/mol. The van der Waals surface area contributed by atoms with Crippen molar-refractivity contribution in [3.05, 3.63) is 35.9 Å². The topological polar surface area (TPSA) is 60.2 Å². The minimum Gasteiger partial charge on any atom is -0.433 e. The van der Waals surface area contributed by atoms with Gasteiger partial charge >= 0.3 is 5.97 Å². The standard InChI is InChI=1S/C17H22N2O3/c1-11-17(14(20)22-15(21-11)16(2,3)4)13(10-18-19-17)12-8-6-5-7-9-12/h5-9,11,13,15H,10H2,1-4H3/t11?,13-,15-,17+/m1/s1. The van der Waals surface area contributed by atoms with E-state index in [0.29, 0.717) is 6.54 Å². The van der Waals surface area contributed by atoms with Crippen LogP contribution >= 0.6 is 0 Å². The lowest BCUT2D eigenvalue weighted by atomic mass is 9.76. The molecule has 2 aliphatic heterocycles. The Balaban J connectivity index is 1.95. The van der Waals surface area contributed by atoms with Gasteiger partial charge in [0.1, 0.15) is 0 Å². The number of azo groups is 1. The van der Waals surface area contributed by atoms with E-state index in [4.69, 9.17) is 9.47 Å². The summed E-state index contributed by atoms with van der Waals surface area (Å²) in [5.41, 5.74) is -0.304. The second-order valence-electron chi connectivity index (χ2n) is 7.09. The van der Waals surface area contributed by atoms with Crippen LogP contribution in [0.1, 0.15) is 39.2 Å². The second kappa shape index (κ2) is 5.16. The van der Waals surface area contributed by atoms with E-state index in [-0.39, 0.29) is 23.4 Å². The number of benzene rings is 1. The molecule has 1 unspecified atom stereocenters. The van der Waals surface area contributed by atoms with Gasteiger partial charge in [0.25, 0.3) is 0 Å². The number of ether oxygens (including phenoxy) is 2. The van der Waals surface area contributed by atoms with E-state index in [1.807, 2.05) is 58.0 Å². The number of rotatable bonds is 1. The highest BCUT2D eigenvalue weighted by Crippen LogP contribution is 2.46. The largest absolute Gasteiger partial charge is 0.433 e. The van der Waals surface area contributed by atoms with Gasteiger partial charge in [0.05, 0.1) is 12.6 Å². The molecule has 5 heteroatoms. The molecule has 1 spiro atoms. The molecule has 2 heterocycles. The van der Waals surface area contributed by atoms with Gasteiger partial charge in [-0.3, -0.25) is 0 Å². The lowest BCUT2D eigenvalue weighted by molar-refractivity contribution is -0.258. The van der Waals surface area contributed by atoms with E-state index in [1.54, 1.807) is 0 Å². The summed E-state index contributed by atoms with van der Waals surface area (Å²) in [6.45, 7) is 8.33. The Hall–Kier alpha value is -1.75. The summed E-state index contributed by atoms with van der Waals surface area (Å²) in [6, 6.07) is 9.86. The van der Waals surface area contributed by atoms with Crippen molar-refractivity contribution in [2.24, 2.45) is 15.6 Å². The number of nitrogens with zero attached hydrogens (tertiary/aromatic N) is 2. The van der Waals surface area contributed by atoms with Crippen molar-refractivity contribution in [1.82, 2.24) is 0 Å². The van der Waals surface area contributed by atoms with Gasteiger partial charge in [-0.1, -0.05) is 51.1 Å². The Labute approximate surface area is 130 Å². The molecule has 118 valence electrons. The molecule has 1 aromatic rings. The number of hydrogen-bond donors (Lipinski definition) is 0. The summed E-state index contributed by atoms with van der Waals surface area (Å²) in [4.78, 5) is 12.8. The zero-order valence-corrected chi connectivity index (χ0v) is 13.4. The molecule has 0 radical (unpaired) electrons. The maximum Gasteiger partial charge on any atom is 0.341 e. The van der Waals surface area contributed by atoms with Crippen LogP contribution < -0.4 is 0 Å². The molecule has 0 aliphatic carbocycles. The van der Waals surface area contributed by atoms with E-state index in [1.165, 1.54) is 0 Å². The second-order valence-corrected chi connectivity index (χ2v) is 7.09. The summed E-state index contributed by atoms with van der Waals surface area (Å²) in [5.74, 6) is -0.474. The molecule has 0 bridgehead atoms. The van der Waals surface area contributed by atoms with Crippen LogP contribution in [-0.2, 0) is 14.3 Å². The van der Waals surface area contributed by atoms with E-state index < -0.39 is 11.8 Å². The van der Waals surface area contributed by atoms with Gasteiger partial charge in [0, 0.05) is 11.3 Å². The highest BCUT2D eigenvalue weighted by molar-refractivity contribution is 5.84. The smallest absolute Gasteiger partial charge is 0.341 e. The number of carbonyl (C=O) groups is 1. The summed E-state index contributed by atoms with van der Waals surface area (Å²) in [5, 5.41) is 8.44. The zero-order chi connectivity index (χ0) is 16.0. The van der Waals surface area contributed by atoms with Gasteiger partial charge in [-0.2, -0.15) is 10.2 Å². The van der Waals surface area contributed by atoms with Crippen molar-refractivity contribution in [1.29, 1.82) is 0 Å². The van der Waals surface area contributed by atoms with Crippen molar-refractivity contribution in [2.45, 2.75) is 51.5 Å². The number of hydrogen-bond acceptors (Lipinski definition) is 5. The first-order chi connectivity index (χ1) is 10.4. The van der Waals surface area contributed by atoms with Crippen molar-refractivity contribution in [3.8, 4) is 0 Å². The third-order valence-electron chi connectivity index (χ3n) is 4.43. The fourth-order valence-electron chi connectivity index (χ4n) is 3.10. The Morgan fingerprint density at radius 1 is 1.23 bits per heavy atom. The first-order valence-electron chi connectivity index (χ1n) is 7.66. The summed E-state index contributed by atoms with van der Waals surface area (Å²) in [6.07, 6.45) is -0.942. The Morgan fingerprint density at radius 2 is 1.91 bits per heavy atom. The minimum absolute atomic E-state index is 0.142. The third kappa shape index (κ3) is 2.24. The van der Waals surface area contributed by atoms with E-state index >= 15 is 0 Å². The SMILES string of the molecule is CC1O[C@@H](C(C)(C)C)OC(=O)[C@]12N=NC[C@@H]2c1ccccc1. The molecule has 4 atom stereocenters. The molecule has 2 aliphatic rings. The van der Waals surface area contributed by atoms with Crippen LogP contribution in [0.3, 0.4) is 0 Å². The summed E-state index contributed by atoms with van der Waals surface area (Å²) < 4.78 is 11.6. The third-order valence-corrected chi connectivity index (χ3v) is 4.43. The first-order valence-corrected chi connectivity index (χ1v) is 7.66. The molecule has 1 aromatic carbocycles. The molecule has 0 saturated carbocycles. The van der Waals surface area contributed by atoms with Gasteiger partial charge in [0.15, 0.2) is 0 Å². The predicted molar refractivity (Wildman–Crippen MR) is 81.5 cm³/mol. The maximum atomic E-state index is 12.8. The molecule has 5 nitrogen and oxygen atoms in total. The summed E-state index contributed by atoms with van der Waals surface area (Å²) in [7, 11) is 0. The molecule has 1 fully saturated rings. The van der Waals surface area contributed by atoms with E-state index in [2.05, 4.69) is 10.2 Å². The van der Waals surface area contributed by atoms with Gasteiger partial charge < -0.3 is 9.47 Å². The van der Waals surface area contributed by atoms with Gasteiger partial charge in [0.2, 0.25) is 11.8 Å².